The molecule has 1 saturated heterocycles. The van der Waals surface area contributed by atoms with Gasteiger partial charge in [0.05, 0.1) is 6.61 Å². The van der Waals surface area contributed by atoms with Gasteiger partial charge in [0.15, 0.2) is 0 Å². The van der Waals surface area contributed by atoms with Crippen molar-refractivity contribution < 1.29 is 4.74 Å². The molecule has 2 heterocycles. The first kappa shape index (κ1) is 11.0. The molecule has 1 aliphatic heterocycles. The molecule has 0 amide bonds. The monoisotopic (exact) mass is 226 g/mol. The molecule has 0 bridgehead atoms. The van der Waals surface area contributed by atoms with Crippen LogP contribution in [-0.4, -0.2) is 24.7 Å². The third-order valence-corrected chi connectivity index (χ3v) is 3.78. The van der Waals surface area contributed by atoms with Crippen molar-refractivity contribution in [3.8, 4) is 0 Å². The lowest BCUT2D eigenvalue weighted by Gasteiger charge is -2.23. The van der Waals surface area contributed by atoms with Crippen LogP contribution in [-0.2, 0) is 4.74 Å². The van der Waals surface area contributed by atoms with Gasteiger partial charge < -0.3 is 10.1 Å². The average molecular weight is 226 g/mol. The van der Waals surface area contributed by atoms with Gasteiger partial charge in [-0.25, -0.2) is 4.98 Å². The van der Waals surface area contributed by atoms with E-state index in [9.17, 15) is 0 Å². The summed E-state index contributed by atoms with van der Waals surface area (Å²) in [5.41, 5.74) is 0. The molecule has 1 unspecified atom stereocenters. The van der Waals surface area contributed by atoms with Crippen molar-refractivity contribution in [1.82, 2.24) is 10.3 Å². The van der Waals surface area contributed by atoms with Crippen LogP contribution in [0.25, 0.3) is 0 Å². The van der Waals surface area contributed by atoms with Crippen LogP contribution in [0, 0.1) is 5.92 Å². The van der Waals surface area contributed by atoms with Gasteiger partial charge in [0.1, 0.15) is 11.1 Å². The van der Waals surface area contributed by atoms with Gasteiger partial charge in [0, 0.05) is 11.6 Å². The van der Waals surface area contributed by atoms with E-state index >= 15 is 0 Å². The zero-order valence-corrected chi connectivity index (χ0v) is 9.93. The number of nitrogens with one attached hydrogen (secondary N) is 1. The topological polar surface area (TPSA) is 34.1 Å². The van der Waals surface area contributed by atoms with Crippen LogP contribution in [0.1, 0.15) is 30.9 Å². The highest BCUT2D eigenvalue weighted by Gasteiger charge is 2.15. The van der Waals surface area contributed by atoms with Crippen LogP contribution in [0.5, 0.6) is 0 Å². The van der Waals surface area contributed by atoms with Crippen molar-refractivity contribution >= 4 is 11.3 Å². The quantitative estimate of drug-likeness (QED) is 0.855. The summed E-state index contributed by atoms with van der Waals surface area (Å²) in [6.45, 7) is 5.24. The Morgan fingerprint density at radius 2 is 2.40 bits per heavy atom. The van der Waals surface area contributed by atoms with E-state index in [1.165, 1.54) is 12.8 Å². The van der Waals surface area contributed by atoms with Gasteiger partial charge in [-0.15, -0.1) is 11.3 Å². The summed E-state index contributed by atoms with van der Waals surface area (Å²) in [5.74, 6) is 0.730. The molecule has 0 spiro atoms. The Morgan fingerprint density at radius 1 is 1.60 bits per heavy atom. The Balaban J connectivity index is 1.73. The van der Waals surface area contributed by atoms with Crippen molar-refractivity contribution in [3.63, 3.8) is 0 Å². The highest BCUT2D eigenvalue weighted by molar-refractivity contribution is 7.09. The average Bonchev–Trinajstić information content (AvgIpc) is 2.81. The summed E-state index contributed by atoms with van der Waals surface area (Å²) in [7, 11) is 0. The predicted molar refractivity (Wildman–Crippen MR) is 62.1 cm³/mol. The fourth-order valence-corrected chi connectivity index (χ4v) is 2.48. The summed E-state index contributed by atoms with van der Waals surface area (Å²) < 4.78 is 5.85. The van der Waals surface area contributed by atoms with Crippen molar-refractivity contribution in [3.05, 3.63) is 16.6 Å². The number of thiazole rings is 1. The molecule has 1 N–H and O–H groups in total. The predicted octanol–water partition coefficient (Wildman–Crippen LogP) is 2.22. The molecule has 84 valence electrons. The minimum Gasteiger partial charge on any atom is -0.371 e. The minimum atomic E-state index is 0.153. The van der Waals surface area contributed by atoms with Gasteiger partial charge in [0.25, 0.3) is 0 Å². The summed E-state index contributed by atoms with van der Waals surface area (Å²) in [4.78, 5) is 4.26. The summed E-state index contributed by atoms with van der Waals surface area (Å²) in [6.07, 6.45) is 4.47. The fraction of sp³-hybridized carbons (Fsp3) is 0.727. The molecule has 0 saturated carbocycles. The second-order valence-corrected chi connectivity index (χ2v) is 4.97. The van der Waals surface area contributed by atoms with Gasteiger partial charge >= 0.3 is 0 Å². The molecule has 0 aliphatic carbocycles. The number of hydrogen-bond donors (Lipinski definition) is 1. The molecule has 15 heavy (non-hydrogen) atoms. The first-order valence-electron chi connectivity index (χ1n) is 5.58. The van der Waals surface area contributed by atoms with Crippen molar-refractivity contribution in [1.29, 1.82) is 0 Å². The smallest absolute Gasteiger partial charge is 0.121 e. The van der Waals surface area contributed by atoms with Gasteiger partial charge in [-0.2, -0.15) is 0 Å². The van der Waals surface area contributed by atoms with E-state index in [2.05, 4.69) is 17.2 Å². The second-order valence-electron chi connectivity index (χ2n) is 4.04. The molecular formula is C11H18N2OS. The molecule has 1 fully saturated rings. The summed E-state index contributed by atoms with van der Waals surface area (Å²) in [5, 5.41) is 6.45. The number of nitrogens with zero attached hydrogens (tertiary/aromatic N) is 1. The van der Waals surface area contributed by atoms with Gasteiger partial charge in [0.2, 0.25) is 0 Å². The number of piperidine rings is 1. The molecule has 3 nitrogen and oxygen atoms in total. The lowest BCUT2D eigenvalue weighted by atomic mass is 9.99. The van der Waals surface area contributed by atoms with Crippen molar-refractivity contribution in [2.75, 3.05) is 19.7 Å². The van der Waals surface area contributed by atoms with Crippen molar-refractivity contribution in [2.24, 2.45) is 5.92 Å². The normalized spacial score (nSPS) is 20.3. The third-order valence-electron chi connectivity index (χ3n) is 2.84. The van der Waals surface area contributed by atoms with Gasteiger partial charge in [-0.1, -0.05) is 0 Å². The molecule has 0 aromatic carbocycles. The zero-order valence-electron chi connectivity index (χ0n) is 9.11. The number of rotatable bonds is 4. The molecule has 4 heteroatoms. The number of hydrogen-bond acceptors (Lipinski definition) is 4. The molecular weight excluding hydrogens is 208 g/mol. The zero-order chi connectivity index (χ0) is 10.5. The SMILES string of the molecule is CC(OCC1CCNCC1)c1nccs1. The van der Waals surface area contributed by atoms with Crippen LogP contribution in [0.2, 0.25) is 0 Å². The van der Waals surface area contributed by atoms with E-state index in [0.717, 1.165) is 30.6 Å². The molecule has 1 aromatic rings. The van der Waals surface area contributed by atoms with Gasteiger partial charge in [-0.3, -0.25) is 0 Å². The second kappa shape index (κ2) is 5.58. The standard InChI is InChI=1S/C11H18N2OS/c1-9(11-13-6-7-15-11)14-8-10-2-4-12-5-3-10/h6-7,9-10,12H,2-5,8H2,1H3. The maximum atomic E-state index is 5.85. The Labute approximate surface area is 94.9 Å². The number of aromatic nitrogens is 1. The first-order chi connectivity index (χ1) is 7.36. The lowest BCUT2D eigenvalue weighted by molar-refractivity contribution is 0.0318. The van der Waals surface area contributed by atoms with Crippen molar-refractivity contribution in [2.45, 2.75) is 25.9 Å². The minimum absolute atomic E-state index is 0.153. The molecule has 1 aromatic heterocycles. The lowest BCUT2D eigenvalue weighted by Crippen LogP contribution is -2.30. The van der Waals surface area contributed by atoms with Crippen LogP contribution in [0.15, 0.2) is 11.6 Å². The number of ether oxygens (including phenoxy) is 1. The maximum absolute atomic E-state index is 5.85. The van der Waals surface area contributed by atoms with Crippen LogP contribution < -0.4 is 5.32 Å². The highest BCUT2D eigenvalue weighted by atomic mass is 32.1. The molecule has 1 aliphatic rings. The van der Waals surface area contributed by atoms with E-state index < -0.39 is 0 Å². The molecule has 0 radical (unpaired) electrons. The van der Waals surface area contributed by atoms with Crippen LogP contribution in [0.3, 0.4) is 0 Å². The van der Waals surface area contributed by atoms with E-state index in [-0.39, 0.29) is 6.10 Å². The first-order valence-corrected chi connectivity index (χ1v) is 6.46. The largest absolute Gasteiger partial charge is 0.371 e. The summed E-state index contributed by atoms with van der Waals surface area (Å²) in [6, 6.07) is 0. The fourth-order valence-electron chi connectivity index (χ4n) is 1.84. The Hall–Kier alpha value is -0.450. The maximum Gasteiger partial charge on any atom is 0.121 e. The highest BCUT2D eigenvalue weighted by Crippen LogP contribution is 2.21. The summed E-state index contributed by atoms with van der Waals surface area (Å²) >= 11 is 1.67. The van der Waals surface area contributed by atoms with Gasteiger partial charge in [-0.05, 0) is 38.8 Å². The van der Waals surface area contributed by atoms with Crippen LogP contribution >= 0.6 is 11.3 Å². The van der Waals surface area contributed by atoms with E-state index in [4.69, 9.17) is 4.74 Å². The third kappa shape index (κ3) is 3.26. The van der Waals surface area contributed by atoms with E-state index in [1.54, 1.807) is 11.3 Å². The van der Waals surface area contributed by atoms with E-state index in [1.807, 2.05) is 11.6 Å². The molecule has 1 atom stereocenters. The van der Waals surface area contributed by atoms with E-state index in [0.29, 0.717) is 0 Å². The van der Waals surface area contributed by atoms with Crippen LogP contribution in [0.4, 0.5) is 0 Å². The Morgan fingerprint density at radius 3 is 3.07 bits per heavy atom. The molecule has 2 rings (SSSR count). The Bertz CT molecular complexity index is 270. The Kier molecular flexibility index (Phi) is 4.11.